The zero-order valence-electron chi connectivity index (χ0n) is 32.2. The molecule has 19 nitrogen and oxygen atoms in total. The molecule has 0 heterocycles. The minimum atomic E-state index is -1.19. The first kappa shape index (κ1) is 46.1. The fraction of sp³-hybridized carbons (Fsp3) is 0.421. The molecule has 0 aliphatic rings. The number of terminal acetylenes is 2. The van der Waals surface area contributed by atoms with Crippen molar-refractivity contribution in [1.29, 1.82) is 0 Å². The van der Waals surface area contributed by atoms with E-state index in [2.05, 4.69) is 33.1 Å². The second-order valence-electron chi connectivity index (χ2n) is 13.5. The lowest BCUT2D eigenvalue weighted by molar-refractivity contribution is -0.384. The summed E-state index contributed by atoms with van der Waals surface area (Å²) in [4.78, 5) is 87.8. The molecule has 0 aliphatic heterocycles. The number of rotatable bonds is 18. The largest absolute Gasteiger partial charge is 0.514 e. The van der Waals surface area contributed by atoms with E-state index in [1.165, 1.54) is 30.3 Å². The van der Waals surface area contributed by atoms with Crippen LogP contribution in [0, 0.1) is 40.7 Å². The molecule has 0 saturated heterocycles. The molecule has 2 rings (SSSR count). The van der Waals surface area contributed by atoms with Gasteiger partial charge in [0.15, 0.2) is 6.61 Å². The first-order chi connectivity index (χ1) is 26.8. The van der Waals surface area contributed by atoms with Gasteiger partial charge in [-0.15, -0.1) is 12.8 Å². The maximum atomic E-state index is 13.8. The Morgan fingerprint density at radius 1 is 0.947 bits per heavy atom. The number of nitro groups is 1. The van der Waals surface area contributed by atoms with E-state index in [-0.39, 0.29) is 56.2 Å². The number of hydrogen-bond donors (Lipinski definition) is 5. The van der Waals surface area contributed by atoms with Crippen LogP contribution in [-0.2, 0) is 37.0 Å². The number of non-ortho nitro benzene ring substituents is 1. The van der Waals surface area contributed by atoms with Crippen molar-refractivity contribution in [2.75, 3.05) is 25.0 Å². The lowest BCUT2D eigenvalue weighted by Gasteiger charge is -2.27. The number of alkyl carbamates (subject to hydrolysis) is 1. The number of anilines is 1. The smallest absolute Gasteiger partial charge is 0.444 e. The molecule has 0 bridgehead atoms. The predicted molar refractivity (Wildman–Crippen MR) is 205 cm³/mol. The SMILES string of the molecule is C#CCOC(=O)N(CC#C)Cc1cc(NC(=O)C(CCCNC(N)=O)NC(=O)C(NC(=O)OC(C)(C)C)C(C)C)ccc1COC(=O)Oc1ccc([N+](=O)[O-])cc1. The third-order valence-electron chi connectivity index (χ3n) is 7.47. The standard InChI is InChI=1S/C38H47N7O12/c1-8-19-44(36(50)54-20-9-2)22-26-21-27(13-12-25(26)23-55-37(51)56-29-16-14-28(15-17-29)45(52)53)41-32(46)30(11-10-18-40-34(39)48)42-33(47)31(24(3)4)43-35(49)57-38(5,6)7/h1-2,12-17,21,24,30-31H,10-11,18-20,22-23H2,3-7H3,(H,41,46)(H,42,47)(H,43,49)(H3,39,40,48). The fourth-order valence-electron chi connectivity index (χ4n) is 4.83. The van der Waals surface area contributed by atoms with Gasteiger partial charge in [0.05, 0.1) is 18.0 Å². The van der Waals surface area contributed by atoms with Gasteiger partial charge in [0, 0.05) is 24.4 Å². The van der Waals surface area contributed by atoms with Gasteiger partial charge in [-0.3, -0.25) is 24.6 Å². The molecule has 6 N–H and O–H groups in total. The summed E-state index contributed by atoms with van der Waals surface area (Å²) in [5.74, 6) is 2.74. The summed E-state index contributed by atoms with van der Waals surface area (Å²) in [5, 5.41) is 21.3. The van der Waals surface area contributed by atoms with Gasteiger partial charge in [0.2, 0.25) is 11.8 Å². The van der Waals surface area contributed by atoms with E-state index in [1.54, 1.807) is 34.6 Å². The van der Waals surface area contributed by atoms with Gasteiger partial charge in [-0.2, -0.15) is 0 Å². The number of nitro benzene ring substituents is 1. The predicted octanol–water partition coefficient (Wildman–Crippen LogP) is 3.94. The van der Waals surface area contributed by atoms with Crippen molar-refractivity contribution in [3.8, 4) is 30.4 Å². The molecule has 6 amide bonds. The minimum Gasteiger partial charge on any atom is -0.444 e. The van der Waals surface area contributed by atoms with Gasteiger partial charge in [-0.1, -0.05) is 31.8 Å². The number of nitrogens with two attached hydrogens (primary N) is 1. The number of ether oxygens (including phenoxy) is 4. The minimum absolute atomic E-state index is 0.0206. The highest BCUT2D eigenvalue weighted by Gasteiger charge is 2.30. The van der Waals surface area contributed by atoms with Crippen molar-refractivity contribution in [3.63, 3.8) is 0 Å². The Bertz CT molecular complexity index is 1850. The van der Waals surface area contributed by atoms with Crippen molar-refractivity contribution in [2.24, 2.45) is 11.7 Å². The zero-order chi connectivity index (χ0) is 42.7. The van der Waals surface area contributed by atoms with Crippen LogP contribution in [0.4, 0.5) is 30.6 Å². The summed E-state index contributed by atoms with van der Waals surface area (Å²) in [6.07, 6.45) is 8.14. The normalized spacial score (nSPS) is 11.6. The highest BCUT2D eigenvalue weighted by atomic mass is 16.7. The van der Waals surface area contributed by atoms with Crippen molar-refractivity contribution in [3.05, 3.63) is 63.7 Å². The summed E-state index contributed by atoms with van der Waals surface area (Å²) < 4.78 is 20.7. The lowest BCUT2D eigenvalue weighted by atomic mass is 10.0. The Balaban J connectivity index is 2.39. The molecule has 0 aromatic heterocycles. The van der Waals surface area contributed by atoms with E-state index < -0.39 is 71.3 Å². The number of nitrogens with one attached hydrogen (secondary N) is 4. The first-order valence-corrected chi connectivity index (χ1v) is 17.5. The fourth-order valence-corrected chi connectivity index (χ4v) is 4.83. The van der Waals surface area contributed by atoms with E-state index in [4.69, 9.17) is 37.5 Å². The maximum Gasteiger partial charge on any atom is 0.514 e. The van der Waals surface area contributed by atoms with Gasteiger partial charge >= 0.3 is 24.4 Å². The molecule has 0 aliphatic carbocycles. The van der Waals surface area contributed by atoms with Crippen molar-refractivity contribution >= 4 is 47.6 Å². The maximum absolute atomic E-state index is 13.8. The third-order valence-corrected chi connectivity index (χ3v) is 7.47. The van der Waals surface area contributed by atoms with Crippen LogP contribution in [0.15, 0.2) is 42.5 Å². The summed E-state index contributed by atoms with van der Waals surface area (Å²) in [7, 11) is 0. The van der Waals surface area contributed by atoms with E-state index in [0.29, 0.717) is 11.1 Å². The van der Waals surface area contributed by atoms with Gasteiger partial charge in [-0.25, -0.2) is 19.2 Å². The van der Waals surface area contributed by atoms with Crippen molar-refractivity contribution < 1.29 is 52.6 Å². The molecule has 19 heteroatoms. The number of carbonyl (C=O) groups excluding carboxylic acids is 6. The topological polar surface area (TPSA) is 260 Å². The highest BCUT2D eigenvalue weighted by Crippen LogP contribution is 2.22. The molecule has 2 aromatic carbocycles. The van der Waals surface area contributed by atoms with Crippen LogP contribution in [-0.4, -0.2) is 83.4 Å². The van der Waals surface area contributed by atoms with Gasteiger partial charge in [0.25, 0.3) is 5.69 Å². The van der Waals surface area contributed by atoms with E-state index >= 15 is 0 Å². The van der Waals surface area contributed by atoms with Crippen molar-refractivity contribution in [1.82, 2.24) is 20.9 Å². The van der Waals surface area contributed by atoms with Crippen molar-refractivity contribution in [2.45, 2.75) is 78.3 Å². The number of amides is 6. The summed E-state index contributed by atoms with van der Waals surface area (Å²) in [6.45, 7) is 7.31. The number of benzene rings is 2. The van der Waals surface area contributed by atoms with Gasteiger partial charge in [0.1, 0.15) is 30.0 Å². The Kier molecular flexibility index (Phi) is 18.1. The molecular formula is C38H47N7O12. The van der Waals surface area contributed by atoms with Crippen LogP contribution in [0.1, 0.15) is 58.6 Å². The Labute approximate surface area is 329 Å². The van der Waals surface area contributed by atoms with Crippen LogP contribution in [0.5, 0.6) is 5.75 Å². The summed E-state index contributed by atoms with van der Waals surface area (Å²) in [5.41, 5.74) is 4.98. The Hall–Kier alpha value is -7.02. The molecule has 2 atom stereocenters. The molecular weight excluding hydrogens is 746 g/mol. The molecule has 306 valence electrons. The number of nitrogens with zero attached hydrogens (tertiary/aromatic N) is 2. The molecule has 2 aromatic rings. The zero-order valence-corrected chi connectivity index (χ0v) is 32.2. The monoisotopic (exact) mass is 793 g/mol. The molecule has 0 saturated carbocycles. The van der Waals surface area contributed by atoms with Crippen LogP contribution in [0.2, 0.25) is 0 Å². The second-order valence-corrected chi connectivity index (χ2v) is 13.5. The Morgan fingerprint density at radius 3 is 2.21 bits per heavy atom. The average Bonchev–Trinajstić information content (AvgIpc) is 3.12. The van der Waals surface area contributed by atoms with Crippen LogP contribution in [0.3, 0.4) is 0 Å². The number of primary amides is 1. The van der Waals surface area contributed by atoms with E-state index in [0.717, 1.165) is 17.0 Å². The first-order valence-electron chi connectivity index (χ1n) is 17.5. The molecule has 57 heavy (non-hydrogen) atoms. The number of urea groups is 1. The molecule has 0 fully saturated rings. The molecule has 0 radical (unpaired) electrons. The summed E-state index contributed by atoms with van der Waals surface area (Å²) >= 11 is 0. The van der Waals surface area contributed by atoms with Crippen LogP contribution >= 0.6 is 0 Å². The third kappa shape index (κ3) is 16.9. The second kappa shape index (κ2) is 22.4. The van der Waals surface area contributed by atoms with Crippen LogP contribution in [0.25, 0.3) is 0 Å². The van der Waals surface area contributed by atoms with E-state index in [1.807, 2.05) is 0 Å². The average molecular weight is 794 g/mol. The van der Waals surface area contributed by atoms with Crippen LogP contribution < -0.4 is 31.7 Å². The van der Waals surface area contributed by atoms with Gasteiger partial charge < -0.3 is 45.9 Å². The number of carbonyl (C=O) groups is 6. The number of hydrogen-bond acceptors (Lipinski definition) is 12. The lowest BCUT2D eigenvalue weighted by Crippen LogP contribution is -2.55. The highest BCUT2D eigenvalue weighted by molar-refractivity contribution is 5.98. The van der Waals surface area contributed by atoms with Gasteiger partial charge in [-0.05, 0) is 74.9 Å². The Morgan fingerprint density at radius 2 is 1.63 bits per heavy atom. The molecule has 2 unspecified atom stereocenters. The molecule has 0 spiro atoms. The quantitative estimate of drug-likeness (QED) is 0.0274. The van der Waals surface area contributed by atoms with E-state index in [9.17, 15) is 38.9 Å². The summed E-state index contributed by atoms with van der Waals surface area (Å²) in [6, 6.07) is 6.10.